The first-order valence-electron chi connectivity index (χ1n) is 10.3. The summed E-state index contributed by atoms with van der Waals surface area (Å²) in [6.07, 6.45) is -1.84. The zero-order valence-corrected chi connectivity index (χ0v) is 18.0. The molecule has 0 aliphatic heterocycles. The van der Waals surface area contributed by atoms with Crippen LogP contribution in [0.3, 0.4) is 0 Å². The first kappa shape index (κ1) is 23.0. The maximum atomic E-state index is 13.0. The van der Waals surface area contributed by atoms with Gasteiger partial charge in [-0.1, -0.05) is 24.3 Å². The molecule has 0 atom stereocenters. The van der Waals surface area contributed by atoms with E-state index in [2.05, 4.69) is 15.4 Å². The standard InChI is InChI=1S/C23H20F3N5O3/c1-34-19-8-3-2-7-17(19)21(32)27-9-10-31-20-18(12-29-31)22(33)30(14-28-20)13-15-5-4-6-16(11-15)23(24,25)26/h2-8,11-12,14H,9-10,13H2,1H3,(H,27,32). The number of carbonyl (C=O) groups is 1. The molecule has 2 aromatic carbocycles. The van der Waals surface area contributed by atoms with Gasteiger partial charge in [0.15, 0.2) is 5.65 Å². The van der Waals surface area contributed by atoms with Gasteiger partial charge in [-0.05, 0) is 29.8 Å². The number of hydrogen-bond acceptors (Lipinski definition) is 5. The number of carbonyl (C=O) groups excluding carboxylic acids is 1. The van der Waals surface area contributed by atoms with E-state index in [0.717, 1.165) is 12.1 Å². The minimum atomic E-state index is -4.47. The molecule has 0 aliphatic rings. The molecule has 34 heavy (non-hydrogen) atoms. The van der Waals surface area contributed by atoms with Crippen LogP contribution in [0, 0.1) is 0 Å². The predicted molar refractivity (Wildman–Crippen MR) is 118 cm³/mol. The van der Waals surface area contributed by atoms with Crippen molar-refractivity contribution in [1.29, 1.82) is 0 Å². The summed E-state index contributed by atoms with van der Waals surface area (Å²) in [6.45, 7) is 0.420. The molecular weight excluding hydrogens is 451 g/mol. The van der Waals surface area contributed by atoms with Crippen LogP contribution in [0.25, 0.3) is 11.0 Å². The van der Waals surface area contributed by atoms with Crippen LogP contribution < -0.4 is 15.6 Å². The number of hydrogen-bond donors (Lipinski definition) is 1. The Morgan fingerprint density at radius 3 is 2.71 bits per heavy atom. The van der Waals surface area contributed by atoms with Gasteiger partial charge in [0.05, 0.1) is 37.5 Å². The lowest BCUT2D eigenvalue weighted by atomic mass is 10.1. The predicted octanol–water partition coefficient (Wildman–Crippen LogP) is 3.10. The van der Waals surface area contributed by atoms with E-state index in [4.69, 9.17) is 4.74 Å². The van der Waals surface area contributed by atoms with Crippen molar-refractivity contribution < 1.29 is 22.7 Å². The molecule has 4 rings (SSSR count). The van der Waals surface area contributed by atoms with Crippen LogP contribution in [-0.2, 0) is 19.3 Å². The SMILES string of the molecule is COc1ccccc1C(=O)NCCn1ncc2c(=O)n(Cc3cccc(C(F)(F)F)c3)cnc21. The zero-order chi connectivity index (χ0) is 24.3. The van der Waals surface area contributed by atoms with Gasteiger partial charge in [-0.15, -0.1) is 0 Å². The van der Waals surface area contributed by atoms with Crippen molar-refractivity contribution in [2.24, 2.45) is 0 Å². The molecule has 0 radical (unpaired) electrons. The number of benzene rings is 2. The first-order valence-corrected chi connectivity index (χ1v) is 10.3. The summed E-state index contributed by atoms with van der Waals surface area (Å²) >= 11 is 0. The van der Waals surface area contributed by atoms with Crippen molar-refractivity contribution in [2.45, 2.75) is 19.3 Å². The van der Waals surface area contributed by atoms with Gasteiger partial charge in [-0.2, -0.15) is 18.3 Å². The van der Waals surface area contributed by atoms with Crippen molar-refractivity contribution in [3.05, 3.63) is 88.1 Å². The summed E-state index contributed by atoms with van der Waals surface area (Å²) in [5.74, 6) is 0.137. The smallest absolute Gasteiger partial charge is 0.416 e. The molecule has 4 aromatic rings. The quantitative estimate of drug-likeness (QED) is 0.447. The van der Waals surface area contributed by atoms with Crippen LogP contribution in [0.2, 0.25) is 0 Å². The highest BCUT2D eigenvalue weighted by atomic mass is 19.4. The molecule has 11 heteroatoms. The lowest BCUT2D eigenvalue weighted by Gasteiger charge is -2.10. The lowest BCUT2D eigenvalue weighted by Crippen LogP contribution is -2.28. The van der Waals surface area contributed by atoms with Crippen LogP contribution in [-0.4, -0.2) is 38.9 Å². The highest BCUT2D eigenvalue weighted by Crippen LogP contribution is 2.29. The fourth-order valence-electron chi connectivity index (χ4n) is 3.52. The number of methoxy groups -OCH3 is 1. The highest BCUT2D eigenvalue weighted by molar-refractivity contribution is 5.96. The van der Waals surface area contributed by atoms with Gasteiger partial charge in [0.25, 0.3) is 11.5 Å². The average Bonchev–Trinajstić information content (AvgIpc) is 3.24. The second-order valence-corrected chi connectivity index (χ2v) is 7.44. The number of fused-ring (bicyclic) bond motifs is 1. The second kappa shape index (κ2) is 9.38. The minimum Gasteiger partial charge on any atom is -0.496 e. The summed E-state index contributed by atoms with van der Waals surface area (Å²) in [5, 5.41) is 7.17. The third kappa shape index (κ3) is 4.77. The molecule has 0 saturated carbocycles. The Kier molecular flexibility index (Phi) is 6.35. The Morgan fingerprint density at radius 1 is 1.15 bits per heavy atom. The normalized spacial score (nSPS) is 11.5. The van der Waals surface area contributed by atoms with Gasteiger partial charge >= 0.3 is 6.18 Å². The molecule has 2 heterocycles. The third-order valence-electron chi connectivity index (χ3n) is 5.19. The van der Waals surface area contributed by atoms with Crippen molar-refractivity contribution in [2.75, 3.05) is 13.7 Å². The summed E-state index contributed by atoms with van der Waals surface area (Å²) in [4.78, 5) is 29.5. The van der Waals surface area contributed by atoms with E-state index >= 15 is 0 Å². The number of rotatable bonds is 7. The van der Waals surface area contributed by atoms with Gasteiger partial charge in [-0.25, -0.2) is 9.67 Å². The number of nitrogens with one attached hydrogen (secondary N) is 1. The maximum Gasteiger partial charge on any atom is 0.416 e. The zero-order valence-electron chi connectivity index (χ0n) is 18.0. The van der Waals surface area contributed by atoms with Crippen LogP contribution in [0.5, 0.6) is 5.75 Å². The number of amides is 1. The number of halogens is 3. The summed E-state index contributed by atoms with van der Waals surface area (Å²) < 4.78 is 46.8. The van der Waals surface area contributed by atoms with Crippen LogP contribution in [0.15, 0.2) is 65.8 Å². The number of aromatic nitrogens is 4. The van der Waals surface area contributed by atoms with Crippen LogP contribution >= 0.6 is 0 Å². The topological polar surface area (TPSA) is 91.0 Å². The molecule has 176 valence electrons. The second-order valence-electron chi connectivity index (χ2n) is 7.44. The van der Waals surface area contributed by atoms with Crippen LogP contribution in [0.1, 0.15) is 21.5 Å². The fourth-order valence-corrected chi connectivity index (χ4v) is 3.52. The van der Waals surface area contributed by atoms with E-state index in [1.807, 2.05) is 0 Å². The molecule has 0 saturated heterocycles. The molecule has 1 amide bonds. The Balaban J connectivity index is 1.47. The Bertz CT molecular complexity index is 1390. The van der Waals surface area contributed by atoms with E-state index in [0.29, 0.717) is 22.5 Å². The van der Waals surface area contributed by atoms with Crippen molar-refractivity contribution in [3.8, 4) is 5.75 Å². The summed E-state index contributed by atoms with van der Waals surface area (Å²) in [6, 6.07) is 11.6. The first-order chi connectivity index (χ1) is 16.3. The number of para-hydroxylation sites is 1. The molecule has 0 unspecified atom stereocenters. The van der Waals surface area contributed by atoms with Crippen molar-refractivity contribution in [3.63, 3.8) is 0 Å². The third-order valence-corrected chi connectivity index (χ3v) is 5.19. The molecule has 1 N–H and O–H groups in total. The Labute approximate surface area is 191 Å². The minimum absolute atomic E-state index is 0.0637. The van der Waals surface area contributed by atoms with Crippen molar-refractivity contribution in [1.82, 2.24) is 24.6 Å². The molecule has 0 bridgehead atoms. The highest BCUT2D eigenvalue weighted by Gasteiger charge is 2.30. The maximum absolute atomic E-state index is 13.0. The molecule has 8 nitrogen and oxygen atoms in total. The average molecular weight is 471 g/mol. The molecule has 0 spiro atoms. The number of ether oxygens (including phenoxy) is 1. The van der Waals surface area contributed by atoms with Gasteiger partial charge in [0.2, 0.25) is 0 Å². The largest absolute Gasteiger partial charge is 0.496 e. The van der Waals surface area contributed by atoms with E-state index < -0.39 is 17.3 Å². The van der Waals surface area contributed by atoms with Gasteiger partial charge in [0.1, 0.15) is 17.5 Å². The van der Waals surface area contributed by atoms with E-state index in [9.17, 15) is 22.8 Å². The van der Waals surface area contributed by atoms with Gasteiger partial charge in [0, 0.05) is 6.54 Å². The van der Waals surface area contributed by atoms with E-state index in [-0.39, 0.29) is 30.9 Å². The van der Waals surface area contributed by atoms with Crippen molar-refractivity contribution >= 4 is 16.9 Å². The number of alkyl halides is 3. The fraction of sp³-hybridized carbons (Fsp3) is 0.217. The van der Waals surface area contributed by atoms with E-state index in [1.54, 1.807) is 24.3 Å². The molecule has 0 aliphatic carbocycles. The van der Waals surface area contributed by atoms with E-state index in [1.165, 1.54) is 41.0 Å². The summed E-state index contributed by atoms with van der Waals surface area (Å²) in [5.41, 5.74) is -0.172. The lowest BCUT2D eigenvalue weighted by molar-refractivity contribution is -0.137. The Hall–Kier alpha value is -4.15. The molecular formula is C23H20F3N5O3. The van der Waals surface area contributed by atoms with Crippen LogP contribution in [0.4, 0.5) is 13.2 Å². The van der Waals surface area contributed by atoms with Gasteiger partial charge in [-0.3, -0.25) is 14.2 Å². The molecule has 0 fully saturated rings. The number of nitrogens with zero attached hydrogens (tertiary/aromatic N) is 4. The Morgan fingerprint density at radius 2 is 1.94 bits per heavy atom. The molecule has 2 aromatic heterocycles. The monoisotopic (exact) mass is 471 g/mol. The van der Waals surface area contributed by atoms with Gasteiger partial charge < -0.3 is 10.1 Å². The summed E-state index contributed by atoms with van der Waals surface area (Å²) in [7, 11) is 1.48.